The van der Waals surface area contributed by atoms with Crippen LogP contribution < -0.4 is 31.9 Å². The van der Waals surface area contributed by atoms with Crippen molar-refractivity contribution < 1.29 is 53.7 Å². The first-order valence-electron chi connectivity index (χ1n) is 16.7. The second-order valence-corrected chi connectivity index (χ2v) is 13.5. The fourth-order valence-corrected chi connectivity index (χ4v) is 5.30. The monoisotopic (exact) mass is 740 g/mol. The Balaban J connectivity index is 2.49. The second-order valence-electron chi connectivity index (χ2n) is 13.5. The molecular formula is C36H48N6O11. The van der Waals surface area contributed by atoms with E-state index in [0.717, 1.165) is 0 Å². The van der Waals surface area contributed by atoms with Gasteiger partial charge in [0.05, 0.1) is 25.4 Å². The van der Waals surface area contributed by atoms with E-state index in [1.807, 2.05) is 0 Å². The van der Waals surface area contributed by atoms with E-state index in [1.165, 1.54) is 38.2 Å². The van der Waals surface area contributed by atoms with Gasteiger partial charge < -0.3 is 47.2 Å². The summed E-state index contributed by atoms with van der Waals surface area (Å²) in [6.07, 6.45) is -2.05. The lowest BCUT2D eigenvalue weighted by atomic mass is 9.84. The third-order valence-corrected chi connectivity index (χ3v) is 7.86. The summed E-state index contributed by atoms with van der Waals surface area (Å²) in [5, 5.41) is 43.6. The molecule has 0 saturated carbocycles. The molecule has 2 aromatic carbocycles. The molecular weight excluding hydrogens is 692 g/mol. The zero-order chi connectivity index (χ0) is 39.9. The van der Waals surface area contributed by atoms with E-state index in [4.69, 9.17) is 0 Å². The topological polar surface area (TPSA) is 269 Å². The van der Waals surface area contributed by atoms with Gasteiger partial charge in [0.1, 0.15) is 29.9 Å². The second kappa shape index (κ2) is 20.3. The molecule has 0 fully saturated rings. The molecule has 17 nitrogen and oxygen atoms in total. The van der Waals surface area contributed by atoms with Crippen LogP contribution in [0.2, 0.25) is 0 Å². The average Bonchev–Trinajstić information content (AvgIpc) is 3.06. The molecule has 0 radical (unpaired) electrons. The van der Waals surface area contributed by atoms with Crippen LogP contribution in [-0.2, 0) is 51.2 Å². The van der Waals surface area contributed by atoms with Crippen molar-refractivity contribution in [3.63, 3.8) is 0 Å². The number of aromatic hydroxyl groups is 1. The van der Waals surface area contributed by atoms with Gasteiger partial charge in [-0.3, -0.25) is 38.4 Å². The molecule has 17 heteroatoms. The summed E-state index contributed by atoms with van der Waals surface area (Å²) in [4.78, 5) is 102. The highest BCUT2D eigenvalue weighted by Gasteiger charge is 2.36. The first-order valence-corrected chi connectivity index (χ1v) is 16.7. The Hall–Kier alpha value is -5.84. The van der Waals surface area contributed by atoms with Gasteiger partial charge in [0.15, 0.2) is 5.78 Å². The zero-order valence-electron chi connectivity index (χ0n) is 30.2. The van der Waals surface area contributed by atoms with Crippen LogP contribution in [0.5, 0.6) is 5.75 Å². The number of rotatable bonds is 20. The first-order chi connectivity index (χ1) is 24.8. The van der Waals surface area contributed by atoms with Gasteiger partial charge in [-0.2, -0.15) is 0 Å². The van der Waals surface area contributed by atoms with Crippen LogP contribution in [0.25, 0.3) is 0 Å². The molecule has 0 aliphatic heterocycles. The van der Waals surface area contributed by atoms with E-state index in [-0.39, 0.29) is 25.1 Å². The smallest absolute Gasteiger partial charge is 0.305 e. The summed E-state index contributed by atoms with van der Waals surface area (Å²) < 4.78 is 0. The maximum atomic E-state index is 14.0. The minimum Gasteiger partial charge on any atom is -0.508 e. The first kappa shape index (κ1) is 43.3. The number of nitrogens with one attached hydrogen (secondary N) is 6. The van der Waals surface area contributed by atoms with Crippen LogP contribution >= 0.6 is 0 Å². The normalized spacial score (nSPS) is 13.9. The molecule has 0 aliphatic carbocycles. The Kier molecular flexibility index (Phi) is 16.6. The van der Waals surface area contributed by atoms with Crippen molar-refractivity contribution in [2.24, 2.45) is 5.41 Å². The molecule has 0 bridgehead atoms. The number of ketones is 1. The molecule has 0 aliphatic rings. The van der Waals surface area contributed by atoms with Crippen LogP contribution in [-0.4, -0.2) is 106 Å². The van der Waals surface area contributed by atoms with E-state index in [1.54, 1.807) is 51.1 Å². The van der Waals surface area contributed by atoms with Crippen LogP contribution in [0.3, 0.4) is 0 Å². The summed E-state index contributed by atoms with van der Waals surface area (Å²) in [7, 11) is 1.47. The fourth-order valence-electron chi connectivity index (χ4n) is 5.30. The number of carboxylic acids is 2. The van der Waals surface area contributed by atoms with E-state index in [2.05, 4.69) is 31.9 Å². The Morgan fingerprint density at radius 1 is 0.604 bits per heavy atom. The quantitative estimate of drug-likeness (QED) is 0.0824. The molecule has 0 unspecified atom stereocenters. The summed E-state index contributed by atoms with van der Waals surface area (Å²) >= 11 is 0. The Morgan fingerprint density at radius 2 is 1.02 bits per heavy atom. The molecule has 2 rings (SSSR count). The number of amides is 5. The molecule has 0 aromatic heterocycles. The SMILES string of the molecule is CNCC(=O)N[C@@H](CC(=O)O)C(=O)N[C@@H](Cc1ccccc1)C(=O)N[C@@H](Cc1ccc(O)cc1)C(=O)N[C@@H](CC(=O)O)C(=O)N[C@H](C(C)=O)C(C)(C)C. The predicted molar refractivity (Wildman–Crippen MR) is 190 cm³/mol. The lowest BCUT2D eigenvalue weighted by Gasteiger charge is -2.31. The van der Waals surface area contributed by atoms with Gasteiger partial charge in [0.2, 0.25) is 29.5 Å². The number of likely N-dealkylation sites (N-methyl/N-ethyl adjacent to an activating group) is 1. The Bertz CT molecular complexity index is 1630. The zero-order valence-corrected chi connectivity index (χ0v) is 30.2. The predicted octanol–water partition coefficient (Wildman–Crippen LogP) is -0.595. The number of aliphatic carboxylic acids is 2. The van der Waals surface area contributed by atoms with Gasteiger partial charge in [-0.25, -0.2) is 0 Å². The Labute approximate surface area is 306 Å². The van der Waals surface area contributed by atoms with Gasteiger partial charge in [0.25, 0.3) is 0 Å². The standard InChI is InChI=1S/C36H48N6O11/c1-20(43)31(36(2,3)4)42-35(53)27(18-30(48)49)41-33(51)25(16-22-11-13-23(44)14-12-22)39-32(50)24(15-21-9-7-6-8-10-21)40-34(52)26(17-29(46)47)38-28(45)19-37-5/h6-14,24-27,31,37,44H,15-19H2,1-5H3,(H,38,45)(H,39,50)(H,40,52)(H,41,51)(H,42,53)(H,46,47)(H,48,49)/t24-,25-,26-,27-,31+/m0/s1. The molecule has 0 spiro atoms. The third kappa shape index (κ3) is 15.1. The number of benzene rings is 2. The average molecular weight is 741 g/mol. The van der Waals surface area contributed by atoms with Crippen molar-refractivity contribution in [3.05, 3.63) is 65.7 Å². The number of hydrogen-bond acceptors (Lipinski definition) is 10. The minimum atomic E-state index is -1.68. The summed E-state index contributed by atoms with van der Waals surface area (Å²) in [6.45, 7) is 6.11. The number of carboxylic acid groups (broad SMARTS) is 2. The van der Waals surface area contributed by atoms with Crippen LogP contribution in [0.1, 0.15) is 51.7 Å². The summed E-state index contributed by atoms with van der Waals surface area (Å²) in [5.41, 5.74) is 0.245. The highest BCUT2D eigenvalue weighted by molar-refractivity contribution is 5.98. The number of carbonyl (C=O) groups excluding carboxylic acids is 6. The number of phenols is 1. The van der Waals surface area contributed by atoms with Crippen molar-refractivity contribution >= 4 is 47.3 Å². The van der Waals surface area contributed by atoms with Crippen LogP contribution in [0.15, 0.2) is 54.6 Å². The maximum absolute atomic E-state index is 14.0. The largest absolute Gasteiger partial charge is 0.508 e. The molecule has 2 aromatic rings. The number of hydrogen-bond donors (Lipinski definition) is 9. The fraction of sp³-hybridized carbons (Fsp3) is 0.444. The van der Waals surface area contributed by atoms with E-state index >= 15 is 0 Å². The van der Waals surface area contributed by atoms with Crippen LogP contribution in [0, 0.1) is 5.41 Å². The highest BCUT2D eigenvalue weighted by atomic mass is 16.4. The highest BCUT2D eigenvalue weighted by Crippen LogP contribution is 2.20. The van der Waals surface area contributed by atoms with Gasteiger partial charge >= 0.3 is 11.9 Å². The lowest BCUT2D eigenvalue weighted by Crippen LogP contribution is -2.60. The molecule has 288 valence electrons. The van der Waals surface area contributed by atoms with E-state index < -0.39 is 95.7 Å². The molecule has 5 atom stereocenters. The van der Waals surface area contributed by atoms with Gasteiger partial charge in [-0.05, 0) is 42.6 Å². The summed E-state index contributed by atoms with van der Waals surface area (Å²) in [5.74, 6) is -7.86. The molecule has 0 saturated heterocycles. The van der Waals surface area contributed by atoms with Crippen molar-refractivity contribution in [1.29, 1.82) is 0 Å². The van der Waals surface area contributed by atoms with Crippen molar-refractivity contribution in [2.45, 2.75) is 83.6 Å². The van der Waals surface area contributed by atoms with E-state index in [0.29, 0.717) is 11.1 Å². The van der Waals surface area contributed by atoms with Crippen molar-refractivity contribution in [2.75, 3.05) is 13.6 Å². The third-order valence-electron chi connectivity index (χ3n) is 7.86. The lowest BCUT2D eigenvalue weighted by molar-refractivity contribution is -0.142. The van der Waals surface area contributed by atoms with E-state index in [9.17, 15) is 53.7 Å². The molecule has 9 N–H and O–H groups in total. The van der Waals surface area contributed by atoms with Gasteiger partial charge in [-0.15, -0.1) is 0 Å². The minimum absolute atomic E-state index is 0.0841. The molecule has 0 heterocycles. The van der Waals surface area contributed by atoms with Crippen LogP contribution in [0.4, 0.5) is 0 Å². The summed E-state index contributed by atoms with van der Waals surface area (Å²) in [6, 6.07) is 6.83. The van der Waals surface area contributed by atoms with Crippen molar-refractivity contribution in [1.82, 2.24) is 31.9 Å². The van der Waals surface area contributed by atoms with Gasteiger partial charge in [-0.1, -0.05) is 63.2 Å². The number of carbonyl (C=O) groups is 8. The van der Waals surface area contributed by atoms with Gasteiger partial charge in [0, 0.05) is 12.8 Å². The maximum Gasteiger partial charge on any atom is 0.305 e. The molecule has 5 amide bonds. The van der Waals surface area contributed by atoms with Crippen molar-refractivity contribution in [3.8, 4) is 5.75 Å². The molecule has 53 heavy (non-hydrogen) atoms. The number of phenolic OH excluding ortho intramolecular Hbond substituents is 1. The Morgan fingerprint density at radius 3 is 1.45 bits per heavy atom. The number of Topliss-reactive ketones (excluding diaryl/α,β-unsaturated/α-hetero) is 1.